The Morgan fingerprint density at radius 2 is 2.18 bits per heavy atom. The summed E-state index contributed by atoms with van der Waals surface area (Å²) in [4.78, 5) is 2.16. The molecule has 3 unspecified atom stereocenters. The molecule has 0 saturated carbocycles. The largest absolute Gasteiger partial charge is 0.405 e. The summed E-state index contributed by atoms with van der Waals surface area (Å²) in [6.07, 6.45) is -3.61. The molecule has 1 aliphatic heterocycles. The van der Waals surface area contributed by atoms with Crippen LogP contribution in [0, 0.1) is 23.2 Å². The highest BCUT2D eigenvalue weighted by atomic mass is 19.4. The van der Waals surface area contributed by atoms with Crippen molar-refractivity contribution in [3.05, 3.63) is 0 Å². The Hall–Kier alpha value is -0.800. The lowest BCUT2D eigenvalue weighted by atomic mass is 9.93. The van der Waals surface area contributed by atoms with Gasteiger partial charge in [-0.25, -0.2) is 0 Å². The Bertz CT molecular complexity index is 285. The number of nitrogens with zero attached hydrogens (tertiary/aromatic N) is 2. The van der Waals surface area contributed by atoms with Gasteiger partial charge < -0.3 is 10.2 Å². The second kappa shape index (κ2) is 5.69. The van der Waals surface area contributed by atoms with E-state index in [0.29, 0.717) is 5.92 Å². The van der Waals surface area contributed by atoms with Crippen molar-refractivity contribution >= 4 is 0 Å². The van der Waals surface area contributed by atoms with E-state index >= 15 is 0 Å². The summed E-state index contributed by atoms with van der Waals surface area (Å²) >= 11 is 0. The average molecular weight is 249 g/mol. The molecule has 98 valence electrons. The maximum atomic E-state index is 12.4. The van der Waals surface area contributed by atoms with E-state index in [0.717, 1.165) is 19.5 Å². The second-order valence-corrected chi connectivity index (χ2v) is 4.77. The Morgan fingerprint density at radius 1 is 1.53 bits per heavy atom. The van der Waals surface area contributed by atoms with E-state index in [1.165, 1.54) is 6.07 Å². The lowest BCUT2D eigenvalue weighted by Gasteiger charge is -2.35. The Morgan fingerprint density at radius 3 is 2.65 bits per heavy atom. The first-order chi connectivity index (χ1) is 7.84. The van der Waals surface area contributed by atoms with Crippen LogP contribution in [-0.2, 0) is 0 Å². The van der Waals surface area contributed by atoms with E-state index in [-0.39, 0.29) is 12.6 Å². The van der Waals surface area contributed by atoms with Crippen LogP contribution in [0.15, 0.2) is 0 Å². The van der Waals surface area contributed by atoms with Gasteiger partial charge in [-0.05, 0) is 25.9 Å². The first-order valence-corrected chi connectivity index (χ1v) is 5.73. The zero-order valence-electron chi connectivity index (χ0n) is 10.1. The van der Waals surface area contributed by atoms with Crippen molar-refractivity contribution in [1.82, 2.24) is 10.2 Å². The highest BCUT2D eigenvalue weighted by molar-refractivity contribution is 4.92. The smallest absolute Gasteiger partial charge is 0.312 e. The van der Waals surface area contributed by atoms with E-state index < -0.39 is 12.1 Å². The fourth-order valence-corrected chi connectivity index (χ4v) is 2.16. The lowest BCUT2D eigenvalue weighted by molar-refractivity contribution is -0.158. The molecule has 1 saturated heterocycles. The molecule has 1 rings (SSSR count). The molecule has 1 N–H and O–H groups in total. The van der Waals surface area contributed by atoms with Crippen LogP contribution in [-0.4, -0.2) is 43.8 Å². The Balaban J connectivity index is 2.43. The van der Waals surface area contributed by atoms with Gasteiger partial charge in [0, 0.05) is 19.1 Å². The van der Waals surface area contributed by atoms with Crippen LogP contribution in [0.25, 0.3) is 0 Å². The van der Waals surface area contributed by atoms with Gasteiger partial charge in [0.05, 0.1) is 6.07 Å². The SMILES string of the molecule is CC1CN(C)CCC1NCC(C#N)C(F)(F)F. The third kappa shape index (κ3) is 4.17. The molecule has 0 aromatic heterocycles. The highest BCUT2D eigenvalue weighted by Gasteiger charge is 2.40. The van der Waals surface area contributed by atoms with Crippen molar-refractivity contribution in [1.29, 1.82) is 5.26 Å². The number of alkyl halides is 3. The third-order valence-corrected chi connectivity index (χ3v) is 3.24. The summed E-state index contributed by atoms with van der Waals surface area (Å²) in [5.74, 6) is -1.60. The van der Waals surface area contributed by atoms with Crippen molar-refractivity contribution in [3.8, 4) is 6.07 Å². The molecule has 0 aromatic rings. The molecular weight excluding hydrogens is 231 g/mol. The van der Waals surface area contributed by atoms with E-state index in [9.17, 15) is 13.2 Å². The first-order valence-electron chi connectivity index (χ1n) is 5.73. The molecule has 0 spiro atoms. The van der Waals surface area contributed by atoms with Gasteiger partial charge in [-0.1, -0.05) is 6.92 Å². The summed E-state index contributed by atoms with van der Waals surface area (Å²) in [7, 11) is 2.00. The van der Waals surface area contributed by atoms with Crippen molar-refractivity contribution < 1.29 is 13.2 Å². The Kier molecular flexibility index (Phi) is 4.78. The number of rotatable bonds is 3. The van der Waals surface area contributed by atoms with Gasteiger partial charge in [0.25, 0.3) is 0 Å². The number of nitriles is 1. The fourth-order valence-electron chi connectivity index (χ4n) is 2.16. The molecule has 3 nitrogen and oxygen atoms in total. The summed E-state index contributed by atoms with van der Waals surface area (Å²) in [5.41, 5.74) is 0. The van der Waals surface area contributed by atoms with Gasteiger partial charge in [-0.2, -0.15) is 18.4 Å². The van der Waals surface area contributed by atoms with Gasteiger partial charge in [-0.3, -0.25) is 0 Å². The van der Waals surface area contributed by atoms with Crippen molar-refractivity contribution in [3.63, 3.8) is 0 Å². The van der Waals surface area contributed by atoms with Crippen LogP contribution in [0.3, 0.4) is 0 Å². The summed E-state index contributed by atoms with van der Waals surface area (Å²) in [5, 5.41) is 11.4. The van der Waals surface area contributed by atoms with Gasteiger partial charge in [0.2, 0.25) is 0 Å². The molecule has 0 radical (unpaired) electrons. The topological polar surface area (TPSA) is 39.1 Å². The van der Waals surface area contributed by atoms with Crippen molar-refractivity contribution in [2.24, 2.45) is 11.8 Å². The van der Waals surface area contributed by atoms with Crippen LogP contribution >= 0.6 is 0 Å². The minimum atomic E-state index is -4.43. The van der Waals surface area contributed by atoms with E-state index in [1.54, 1.807) is 0 Å². The first kappa shape index (κ1) is 14.3. The Labute approximate surface area is 99.6 Å². The zero-order chi connectivity index (χ0) is 13.1. The van der Waals surface area contributed by atoms with E-state index in [2.05, 4.69) is 10.2 Å². The van der Waals surface area contributed by atoms with Gasteiger partial charge >= 0.3 is 6.18 Å². The van der Waals surface area contributed by atoms with Crippen LogP contribution in [0.4, 0.5) is 13.2 Å². The van der Waals surface area contributed by atoms with Crippen LogP contribution in [0.1, 0.15) is 13.3 Å². The molecule has 6 heteroatoms. The fraction of sp³-hybridized carbons (Fsp3) is 0.909. The van der Waals surface area contributed by atoms with E-state index in [1.807, 2.05) is 14.0 Å². The van der Waals surface area contributed by atoms with Gasteiger partial charge in [-0.15, -0.1) is 0 Å². The maximum absolute atomic E-state index is 12.4. The predicted molar refractivity (Wildman–Crippen MR) is 58.2 cm³/mol. The van der Waals surface area contributed by atoms with Crippen molar-refractivity contribution in [2.45, 2.75) is 25.6 Å². The highest BCUT2D eigenvalue weighted by Crippen LogP contribution is 2.25. The van der Waals surface area contributed by atoms with Gasteiger partial charge in [0.1, 0.15) is 0 Å². The molecule has 1 heterocycles. The number of nitrogens with one attached hydrogen (secondary N) is 1. The van der Waals surface area contributed by atoms with Gasteiger partial charge in [0.15, 0.2) is 5.92 Å². The molecule has 0 aliphatic carbocycles. The maximum Gasteiger partial charge on any atom is 0.405 e. The lowest BCUT2D eigenvalue weighted by Crippen LogP contribution is -2.49. The molecule has 0 bridgehead atoms. The number of piperidine rings is 1. The molecular formula is C11H18F3N3. The second-order valence-electron chi connectivity index (χ2n) is 4.77. The van der Waals surface area contributed by atoms with E-state index in [4.69, 9.17) is 5.26 Å². The zero-order valence-corrected chi connectivity index (χ0v) is 10.1. The average Bonchev–Trinajstić information content (AvgIpc) is 2.19. The molecule has 1 aliphatic rings. The monoisotopic (exact) mass is 249 g/mol. The standard InChI is InChI=1S/C11H18F3N3/c1-8-7-17(2)4-3-10(8)16-6-9(5-15)11(12,13)14/h8-10,16H,3-4,6-7H2,1-2H3. The number of hydrogen-bond donors (Lipinski definition) is 1. The van der Waals surface area contributed by atoms with Crippen molar-refractivity contribution in [2.75, 3.05) is 26.7 Å². The normalized spacial score (nSPS) is 28.7. The molecule has 0 amide bonds. The van der Waals surface area contributed by atoms with Crippen LogP contribution < -0.4 is 5.32 Å². The van der Waals surface area contributed by atoms with Crippen LogP contribution in [0.5, 0.6) is 0 Å². The molecule has 0 aromatic carbocycles. The number of hydrogen-bond acceptors (Lipinski definition) is 3. The van der Waals surface area contributed by atoms with Crippen LogP contribution in [0.2, 0.25) is 0 Å². The summed E-state index contributed by atoms with van der Waals surface area (Å²) < 4.78 is 37.1. The summed E-state index contributed by atoms with van der Waals surface area (Å²) in [6.45, 7) is 3.47. The predicted octanol–water partition coefficient (Wildman–Crippen LogP) is 1.62. The minimum Gasteiger partial charge on any atom is -0.312 e. The summed E-state index contributed by atoms with van der Waals surface area (Å²) in [6, 6.07) is 1.38. The minimum absolute atomic E-state index is 0.0735. The molecule has 3 atom stereocenters. The quantitative estimate of drug-likeness (QED) is 0.826. The number of likely N-dealkylation sites (tertiary alicyclic amines) is 1. The number of halogens is 3. The molecule has 17 heavy (non-hydrogen) atoms. The molecule has 1 fully saturated rings. The third-order valence-electron chi connectivity index (χ3n) is 3.24.